The minimum atomic E-state index is -0.216. The SMILES string of the molecule is CCC(=O)N[C@H]1CO[C@H]2[C@@H]1OC[C@@H]2NC(=O)C1=C(C)OCCC1. The van der Waals surface area contributed by atoms with Crippen LogP contribution in [0.5, 0.6) is 0 Å². The standard InChI is InChI=1S/C16H24N2O5/c1-3-13(19)17-11-7-22-15-12(8-23-14(11)15)18-16(20)10-5-4-6-21-9(10)2/h11-12,14-15H,3-8H2,1-2H3,(H,17,19)(H,18,20)/t11-,12-,14+,15+/m0/s1. The molecular formula is C16H24N2O5. The maximum Gasteiger partial charge on any atom is 0.250 e. The Morgan fingerprint density at radius 3 is 2.39 bits per heavy atom. The van der Waals surface area contributed by atoms with Crippen LogP contribution in [0, 0.1) is 0 Å². The summed E-state index contributed by atoms with van der Waals surface area (Å²) >= 11 is 0. The summed E-state index contributed by atoms with van der Waals surface area (Å²) in [5.74, 6) is 0.571. The van der Waals surface area contributed by atoms with Gasteiger partial charge in [-0.3, -0.25) is 9.59 Å². The number of hydrogen-bond donors (Lipinski definition) is 2. The molecule has 7 heteroatoms. The predicted molar refractivity (Wildman–Crippen MR) is 81.5 cm³/mol. The van der Waals surface area contributed by atoms with Gasteiger partial charge >= 0.3 is 0 Å². The number of rotatable bonds is 4. The topological polar surface area (TPSA) is 85.9 Å². The highest BCUT2D eigenvalue weighted by Crippen LogP contribution is 2.28. The van der Waals surface area contributed by atoms with Crippen LogP contribution in [0.3, 0.4) is 0 Å². The zero-order valence-corrected chi connectivity index (χ0v) is 13.6. The van der Waals surface area contributed by atoms with Gasteiger partial charge < -0.3 is 24.8 Å². The van der Waals surface area contributed by atoms with Gasteiger partial charge in [0, 0.05) is 6.42 Å². The van der Waals surface area contributed by atoms with Crippen molar-refractivity contribution in [2.24, 2.45) is 0 Å². The first-order valence-electron chi connectivity index (χ1n) is 8.26. The van der Waals surface area contributed by atoms with E-state index in [1.165, 1.54) is 0 Å². The third-order valence-corrected chi connectivity index (χ3v) is 4.63. The molecule has 3 rings (SSSR count). The average molecular weight is 324 g/mol. The van der Waals surface area contributed by atoms with Crippen LogP contribution in [-0.2, 0) is 23.8 Å². The van der Waals surface area contributed by atoms with Crippen LogP contribution in [-0.4, -0.2) is 55.9 Å². The Morgan fingerprint density at radius 1 is 1.13 bits per heavy atom. The van der Waals surface area contributed by atoms with E-state index in [0.717, 1.165) is 12.8 Å². The summed E-state index contributed by atoms with van der Waals surface area (Å²) in [4.78, 5) is 24.0. The van der Waals surface area contributed by atoms with Gasteiger partial charge in [0.1, 0.15) is 18.0 Å². The van der Waals surface area contributed by atoms with Crippen LogP contribution in [0.4, 0.5) is 0 Å². The second-order valence-electron chi connectivity index (χ2n) is 6.19. The number of carbonyl (C=O) groups excluding carboxylic acids is 2. The molecule has 2 N–H and O–H groups in total. The van der Waals surface area contributed by atoms with E-state index in [0.29, 0.717) is 37.6 Å². The zero-order valence-electron chi connectivity index (χ0n) is 13.6. The van der Waals surface area contributed by atoms with E-state index in [9.17, 15) is 9.59 Å². The second kappa shape index (κ2) is 6.88. The molecule has 0 spiro atoms. The van der Waals surface area contributed by atoms with Crippen molar-refractivity contribution >= 4 is 11.8 Å². The van der Waals surface area contributed by atoms with Gasteiger partial charge in [0.25, 0.3) is 5.91 Å². The lowest BCUT2D eigenvalue weighted by Crippen LogP contribution is -2.47. The quantitative estimate of drug-likeness (QED) is 0.774. The normalized spacial score (nSPS) is 33.1. The lowest BCUT2D eigenvalue weighted by molar-refractivity contribution is -0.122. The third-order valence-electron chi connectivity index (χ3n) is 4.63. The molecule has 7 nitrogen and oxygen atoms in total. The molecule has 2 amide bonds. The molecule has 0 radical (unpaired) electrons. The first kappa shape index (κ1) is 16.3. The van der Waals surface area contributed by atoms with Crippen molar-refractivity contribution in [1.82, 2.24) is 10.6 Å². The van der Waals surface area contributed by atoms with Crippen LogP contribution < -0.4 is 10.6 Å². The van der Waals surface area contributed by atoms with Crippen LogP contribution >= 0.6 is 0 Å². The highest BCUT2D eigenvalue weighted by molar-refractivity contribution is 5.94. The van der Waals surface area contributed by atoms with Crippen molar-refractivity contribution in [2.45, 2.75) is 57.4 Å². The van der Waals surface area contributed by atoms with Crippen molar-refractivity contribution in [3.63, 3.8) is 0 Å². The largest absolute Gasteiger partial charge is 0.498 e. The van der Waals surface area contributed by atoms with Crippen molar-refractivity contribution in [2.75, 3.05) is 19.8 Å². The first-order valence-corrected chi connectivity index (χ1v) is 8.26. The molecule has 3 heterocycles. The van der Waals surface area contributed by atoms with Gasteiger partial charge in [-0.25, -0.2) is 0 Å². The molecule has 0 bridgehead atoms. The fourth-order valence-corrected chi connectivity index (χ4v) is 3.32. The van der Waals surface area contributed by atoms with Gasteiger partial charge in [-0.15, -0.1) is 0 Å². The maximum absolute atomic E-state index is 12.4. The van der Waals surface area contributed by atoms with Gasteiger partial charge in [0.15, 0.2) is 0 Å². The summed E-state index contributed by atoms with van der Waals surface area (Å²) in [6.45, 7) is 5.11. The van der Waals surface area contributed by atoms with Crippen molar-refractivity contribution < 1.29 is 23.8 Å². The van der Waals surface area contributed by atoms with E-state index in [4.69, 9.17) is 14.2 Å². The Morgan fingerprint density at radius 2 is 1.78 bits per heavy atom. The number of carbonyl (C=O) groups is 2. The summed E-state index contributed by atoms with van der Waals surface area (Å²) in [6.07, 6.45) is 1.60. The zero-order chi connectivity index (χ0) is 16.4. The Labute approximate surface area is 135 Å². The van der Waals surface area contributed by atoms with Crippen LogP contribution in [0.25, 0.3) is 0 Å². The molecule has 23 heavy (non-hydrogen) atoms. The molecule has 0 aromatic heterocycles. The van der Waals surface area contributed by atoms with Crippen LogP contribution in [0.1, 0.15) is 33.1 Å². The molecule has 0 aromatic carbocycles. The molecule has 3 aliphatic rings. The van der Waals surface area contributed by atoms with E-state index in [1.807, 2.05) is 13.8 Å². The Balaban J connectivity index is 1.59. The highest BCUT2D eigenvalue weighted by Gasteiger charge is 2.48. The fourth-order valence-electron chi connectivity index (χ4n) is 3.32. The number of hydrogen-bond acceptors (Lipinski definition) is 5. The number of ether oxygens (including phenoxy) is 3. The smallest absolute Gasteiger partial charge is 0.250 e. The van der Waals surface area contributed by atoms with E-state index in [-0.39, 0.29) is 36.1 Å². The lowest BCUT2D eigenvalue weighted by atomic mass is 10.0. The van der Waals surface area contributed by atoms with Gasteiger partial charge in [0.05, 0.1) is 37.5 Å². The molecule has 0 saturated carbocycles. The number of amides is 2. The highest BCUT2D eigenvalue weighted by atomic mass is 16.6. The number of nitrogens with one attached hydrogen (secondary N) is 2. The van der Waals surface area contributed by atoms with E-state index < -0.39 is 0 Å². The van der Waals surface area contributed by atoms with E-state index in [2.05, 4.69) is 10.6 Å². The Hall–Kier alpha value is -1.60. The monoisotopic (exact) mass is 324 g/mol. The van der Waals surface area contributed by atoms with Crippen LogP contribution in [0.2, 0.25) is 0 Å². The van der Waals surface area contributed by atoms with Gasteiger partial charge in [-0.2, -0.15) is 0 Å². The minimum absolute atomic E-state index is 0.0181. The van der Waals surface area contributed by atoms with Crippen molar-refractivity contribution in [3.05, 3.63) is 11.3 Å². The van der Waals surface area contributed by atoms with Crippen LogP contribution in [0.15, 0.2) is 11.3 Å². The molecule has 4 atom stereocenters. The van der Waals surface area contributed by atoms with E-state index >= 15 is 0 Å². The molecular weight excluding hydrogens is 300 g/mol. The van der Waals surface area contributed by atoms with E-state index in [1.54, 1.807) is 0 Å². The second-order valence-corrected chi connectivity index (χ2v) is 6.19. The van der Waals surface area contributed by atoms with Gasteiger partial charge in [0.2, 0.25) is 5.91 Å². The lowest BCUT2D eigenvalue weighted by Gasteiger charge is -2.22. The molecule has 3 aliphatic heterocycles. The van der Waals surface area contributed by atoms with Gasteiger partial charge in [-0.1, -0.05) is 6.92 Å². The predicted octanol–water partition coefficient (Wildman–Crippen LogP) is 0.248. The molecule has 0 aromatic rings. The van der Waals surface area contributed by atoms with Crippen molar-refractivity contribution in [3.8, 4) is 0 Å². The summed E-state index contributed by atoms with van der Waals surface area (Å²) in [7, 11) is 0. The molecule has 2 fully saturated rings. The molecule has 128 valence electrons. The summed E-state index contributed by atoms with van der Waals surface area (Å²) in [5.41, 5.74) is 0.702. The fraction of sp³-hybridized carbons (Fsp3) is 0.750. The minimum Gasteiger partial charge on any atom is -0.498 e. The molecule has 0 aliphatic carbocycles. The summed E-state index contributed by atoms with van der Waals surface area (Å²) < 4.78 is 17.0. The number of allylic oxidation sites excluding steroid dienone is 1. The molecule has 0 unspecified atom stereocenters. The Kier molecular flexibility index (Phi) is 4.87. The van der Waals surface area contributed by atoms with Crippen molar-refractivity contribution in [1.29, 1.82) is 0 Å². The maximum atomic E-state index is 12.4. The molecule has 2 saturated heterocycles. The average Bonchev–Trinajstić information content (AvgIpc) is 3.11. The summed E-state index contributed by atoms with van der Waals surface area (Å²) in [6, 6.07) is -0.341. The third kappa shape index (κ3) is 3.35. The first-order chi connectivity index (χ1) is 11.1. The summed E-state index contributed by atoms with van der Waals surface area (Å²) in [5, 5.41) is 5.91. The van der Waals surface area contributed by atoms with Gasteiger partial charge in [-0.05, 0) is 19.8 Å². The number of fused-ring (bicyclic) bond motifs is 1. The Bertz CT molecular complexity index is 519.